The van der Waals surface area contributed by atoms with Crippen LogP contribution < -0.4 is 0 Å². The Labute approximate surface area is 164 Å². The van der Waals surface area contributed by atoms with Crippen LogP contribution >= 0.6 is 0 Å². The maximum Gasteiger partial charge on any atom is 0.264 e. The molecule has 0 aliphatic carbocycles. The van der Waals surface area contributed by atoms with Crippen molar-refractivity contribution in [3.63, 3.8) is 0 Å². The molecule has 2 unspecified atom stereocenters. The number of ether oxygens (including phenoxy) is 4. The fourth-order valence-electron chi connectivity index (χ4n) is 2.94. The van der Waals surface area contributed by atoms with Crippen molar-refractivity contribution in [3.05, 3.63) is 0 Å². The van der Waals surface area contributed by atoms with Gasteiger partial charge in [-0.05, 0) is 12.8 Å². The maximum atomic E-state index is 10.6. The van der Waals surface area contributed by atoms with E-state index in [-0.39, 0.29) is 31.5 Å². The van der Waals surface area contributed by atoms with Gasteiger partial charge in [0, 0.05) is 13.2 Å². The molecule has 2 atom stereocenters. The normalized spacial score (nSPS) is 20.4. The van der Waals surface area contributed by atoms with Crippen molar-refractivity contribution in [2.45, 2.75) is 83.5 Å². The van der Waals surface area contributed by atoms with Crippen molar-refractivity contribution in [1.82, 2.24) is 0 Å². The van der Waals surface area contributed by atoms with Crippen molar-refractivity contribution in [1.29, 1.82) is 0 Å². The van der Waals surface area contributed by atoms with E-state index < -0.39 is 16.4 Å². The summed E-state index contributed by atoms with van der Waals surface area (Å²) < 4.78 is 51.9. The SMILES string of the molecule is CCCCCCCCCCCOCC1COC(COCCCS(=O)(=O)O)O1. The van der Waals surface area contributed by atoms with E-state index >= 15 is 0 Å². The van der Waals surface area contributed by atoms with Crippen LogP contribution in [0.1, 0.15) is 71.1 Å². The second-order valence-electron chi connectivity index (χ2n) is 7.14. The molecule has 1 aliphatic heterocycles. The summed E-state index contributed by atoms with van der Waals surface area (Å²) in [6.07, 6.45) is 11.4. The van der Waals surface area contributed by atoms with E-state index in [4.69, 9.17) is 23.5 Å². The van der Waals surface area contributed by atoms with Gasteiger partial charge in [0.15, 0.2) is 6.29 Å². The summed E-state index contributed by atoms with van der Waals surface area (Å²) in [6.45, 7) is 4.50. The van der Waals surface area contributed by atoms with E-state index in [1.807, 2.05) is 0 Å². The monoisotopic (exact) mass is 410 g/mol. The predicted octanol–water partition coefficient (Wildman–Crippen LogP) is 3.57. The van der Waals surface area contributed by atoms with Crippen molar-refractivity contribution in [2.75, 3.05) is 38.8 Å². The largest absolute Gasteiger partial charge is 0.379 e. The third-order valence-corrected chi connectivity index (χ3v) is 5.26. The highest BCUT2D eigenvalue weighted by Crippen LogP contribution is 2.13. The molecular formula is C19H38O7S. The highest BCUT2D eigenvalue weighted by Gasteiger charge is 2.26. The molecule has 0 amide bonds. The molecule has 162 valence electrons. The first kappa shape index (κ1) is 24.8. The molecule has 1 heterocycles. The van der Waals surface area contributed by atoms with Crippen LogP contribution in [0.4, 0.5) is 0 Å². The van der Waals surface area contributed by atoms with Crippen molar-refractivity contribution in [2.24, 2.45) is 0 Å². The highest BCUT2D eigenvalue weighted by atomic mass is 32.2. The number of hydrogen-bond donors (Lipinski definition) is 1. The van der Waals surface area contributed by atoms with Crippen LogP contribution in [0, 0.1) is 0 Å². The van der Waals surface area contributed by atoms with Crippen LogP contribution in [-0.4, -0.2) is 64.2 Å². The summed E-state index contributed by atoms with van der Waals surface area (Å²) in [7, 11) is -3.92. The van der Waals surface area contributed by atoms with Gasteiger partial charge in [-0.1, -0.05) is 58.3 Å². The van der Waals surface area contributed by atoms with E-state index in [2.05, 4.69) is 6.92 Å². The van der Waals surface area contributed by atoms with Gasteiger partial charge in [0.25, 0.3) is 10.1 Å². The van der Waals surface area contributed by atoms with Gasteiger partial charge >= 0.3 is 0 Å². The van der Waals surface area contributed by atoms with Gasteiger partial charge < -0.3 is 18.9 Å². The van der Waals surface area contributed by atoms with Gasteiger partial charge in [-0.25, -0.2) is 0 Å². The van der Waals surface area contributed by atoms with Crippen LogP contribution in [0.15, 0.2) is 0 Å². The number of unbranched alkanes of at least 4 members (excludes halogenated alkanes) is 8. The topological polar surface area (TPSA) is 91.3 Å². The Morgan fingerprint density at radius 2 is 1.48 bits per heavy atom. The zero-order chi connectivity index (χ0) is 19.8. The molecule has 1 N–H and O–H groups in total. The molecule has 0 aromatic carbocycles. The number of hydrogen-bond acceptors (Lipinski definition) is 6. The smallest absolute Gasteiger partial charge is 0.264 e. The Balaban J connectivity index is 1.85. The predicted molar refractivity (Wildman–Crippen MR) is 105 cm³/mol. The van der Waals surface area contributed by atoms with Crippen LogP contribution in [0.25, 0.3) is 0 Å². The molecular weight excluding hydrogens is 372 g/mol. The maximum absolute atomic E-state index is 10.6. The van der Waals surface area contributed by atoms with Crippen LogP contribution in [0.5, 0.6) is 0 Å². The summed E-state index contributed by atoms with van der Waals surface area (Å²) in [4.78, 5) is 0. The van der Waals surface area contributed by atoms with E-state index in [1.54, 1.807) is 0 Å². The Morgan fingerprint density at radius 1 is 0.889 bits per heavy atom. The van der Waals surface area contributed by atoms with Crippen molar-refractivity contribution >= 4 is 10.1 Å². The van der Waals surface area contributed by atoms with Gasteiger partial charge in [0.2, 0.25) is 0 Å². The third kappa shape index (κ3) is 15.4. The zero-order valence-corrected chi connectivity index (χ0v) is 17.6. The second-order valence-corrected chi connectivity index (χ2v) is 8.71. The van der Waals surface area contributed by atoms with Crippen LogP contribution in [-0.2, 0) is 29.1 Å². The average Bonchev–Trinajstić information content (AvgIpc) is 3.06. The Morgan fingerprint density at radius 3 is 2.15 bits per heavy atom. The van der Waals surface area contributed by atoms with Crippen molar-refractivity contribution < 1.29 is 31.9 Å². The second kappa shape index (κ2) is 15.6. The lowest BCUT2D eigenvalue weighted by molar-refractivity contribution is -0.112. The molecule has 0 aromatic rings. The molecule has 0 aromatic heterocycles. The first-order chi connectivity index (χ1) is 13.0. The minimum atomic E-state index is -3.92. The van der Waals surface area contributed by atoms with E-state index in [1.165, 1.54) is 51.4 Å². The van der Waals surface area contributed by atoms with Crippen LogP contribution in [0.2, 0.25) is 0 Å². The Kier molecular flexibility index (Phi) is 14.4. The standard InChI is InChI=1S/C19H38O7S/c1-2-3-4-5-6-7-8-9-10-12-23-15-18-16-25-19(26-18)17-24-13-11-14-27(20,21)22/h18-19H,2-17H2,1H3,(H,20,21,22). The first-order valence-corrected chi connectivity index (χ1v) is 12.0. The summed E-state index contributed by atoms with van der Waals surface area (Å²) in [5, 5.41) is 0. The lowest BCUT2D eigenvalue weighted by Crippen LogP contribution is -2.22. The van der Waals surface area contributed by atoms with Gasteiger partial charge in [-0.3, -0.25) is 4.55 Å². The molecule has 1 fully saturated rings. The average molecular weight is 411 g/mol. The molecule has 0 spiro atoms. The Hall–Kier alpha value is -0.250. The van der Waals surface area contributed by atoms with E-state index in [0.717, 1.165) is 13.0 Å². The molecule has 1 aliphatic rings. The molecule has 27 heavy (non-hydrogen) atoms. The summed E-state index contributed by atoms with van der Waals surface area (Å²) in [6, 6.07) is 0. The fraction of sp³-hybridized carbons (Fsp3) is 1.00. The molecule has 0 radical (unpaired) electrons. The zero-order valence-electron chi connectivity index (χ0n) is 16.8. The molecule has 8 heteroatoms. The summed E-state index contributed by atoms with van der Waals surface area (Å²) in [5.41, 5.74) is 0. The third-order valence-electron chi connectivity index (χ3n) is 4.45. The minimum absolute atomic E-state index is 0.0741. The van der Waals surface area contributed by atoms with E-state index in [0.29, 0.717) is 13.2 Å². The summed E-state index contributed by atoms with van der Waals surface area (Å²) in [5.74, 6) is -0.297. The van der Waals surface area contributed by atoms with Crippen molar-refractivity contribution in [3.8, 4) is 0 Å². The quantitative estimate of drug-likeness (QED) is 0.273. The lowest BCUT2D eigenvalue weighted by atomic mass is 10.1. The lowest BCUT2D eigenvalue weighted by Gasteiger charge is -2.12. The van der Waals surface area contributed by atoms with Gasteiger partial charge in [0.05, 0.1) is 25.6 Å². The minimum Gasteiger partial charge on any atom is -0.379 e. The number of rotatable bonds is 18. The molecule has 7 nitrogen and oxygen atoms in total. The fourth-order valence-corrected chi connectivity index (χ4v) is 3.42. The first-order valence-electron chi connectivity index (χ1n) is 10.4. The molecule has 1 rings (SSSR count). The summed E-state index contributed by atoms with van der Waals surface area (Å²) >= 11 is 0. The molecule has 1 saturated heterocycles. The Bertz CT molecular complexity index is 441. The molecule has 0 bridgehead atoms. The highest BCUT2D eigenvalue weighted by molar-refractivity contribution is 7.85. The molecule has 0 saturated carbocycles. The van der Waals surface area contributed by atoms with Gasteiger partial charge in [-0.15, -0.1) is 0 Å². The van der Waals surface area contributed by atoms with Crippen LogP contribution in [0.3, 0.4) is 0 Å². The van der Waals surface area contributed by atoms with Gasteiger partial charge in [0.1, 0.15) is 6.10 Å². The van der Waals surface area contributed by atoms with Gasteiger partial charge in [-0.2, -0.15) is 8.42 Å². The van der Waals surface area contributed by atoms with E-state index in [9.17, 15) is 8.42 Å².